The van der Waals surface area contributed by atoms with Crippen molar-refractivity contribution in [3.05, 3.63) is 28.8 Å². The molecule has 1 atom stereocenters. The molecule has 0 heterocycles. The Bertz CT molecular complexity index is 488. The highest BCUT2D eigenvalue weighted by atomic mass is 35.5. The van der Waals surface area contributed by atoms with Crippen LogP contribution in [-0.2, 0) is 4.79 Å². The smallest absolute Gasteiger partial charge is 0.227 e. The number of hydrogen-bond acceptors (Lipinski definition) is 2. The topological polar surface area (TPSA) is 49.3 Å². The van der Waals surface area contributed by atoms with Crippen molar-refractivity contribution in [1.29, 1.82) is 0 Å². The van der Waals surface area contributed by atoms with E-state index in [-0.39, 0.29) is 18.4 Å². The molecule has 0 spiro atoms. The second kappa shape index (κ2) is 7.05. The molecule has 0 aliphatic carbocycles. The van der Waals surface area contributed by atoms with E-state index in [1.165, 1.54) is 0 Å². The van der Waals surface area contributed by atoms with E-state index in [9.17, 15) is 4.79 Å². The fourth-order valence-electron chi connectivity index (χ4n) is 1.28. The minimum atomic E-state index is -0.197. The molecular formula is C14H16ClNO2. The van der Waals surface area contributed by atoms with Gasteiger partial charge in [0.15, 0.2) is 0 Å². The lowest BCUT2D eigenvalue weighted by Crippen LogP contribution is -2.19. The maximum atomic E-state index is 11.8. The number of benzene rings is 1. The first-order valence-corrected chi connectivity index (χ1v) is 6.16. The molecule has 0 bridgehead atoms. The highest BCUT2D eigenvalue weighted by Gasteiger charge is 2.12. The van der Waals surface area contributed by atoms with E-state index < -0.39 is 0 Å². The molecule has 0 fully saturated rings. The summed E-state index contributed by atoms with van der Waals surface area (Å²) in [6.07, 6.45) is 0.771. The summed E-state index contributed by atoms with van der Waals surface area (Å²) >= 11 is 6.01. The van der Waals surface area contributed by atoms with Crippen molar-refractivity contribution >= 4 is 23.2 Å². The van der Waals surface area contributed by atoms with Gasteiger partial charge in [-0.05, 0) is 24.6 Å². The van der Waals surface area contributed by atoms with Crippen molar-refractivity contribution in [1.82, 2.24) is 0 Å². The zero-order valence-corrected chi connectivity index (χ0v) is 11.2. The Labute approximate surface area is 112 Å². The number of rotatable bonds is 3. The highest BCUT2D eigenvalue weighted by Crippen LogP contribution is 2.23. The van der Waals surface area contributed by atoms with Gasteiger partial charge in [0.05, 0.1) is 10.7 Å². The van der Waals surface area contributed by atoms with Crippen molar-refractivity contribution in [3.8, 4) is 11.8 Å². The molecule has 0 aliphatic rings. The number of hydrogen-bond donors (Lipinski definition) is 2. The summed E-state index contributed by atoms with van der Waals surface area (Å²) in [5.74, 6) is 5.19. The molecule has 1 aromatic rings. The lowest BCUT2D eigenvalue weighted by Gasteiger charge is -2.11. The van der Waals surface area contributed by atoms with Crippen LogP contribution in [0, 0.1) is 17.8 Å². The van der Waals surface area contributed by atoms with E-state index in [1.807, 2.05) is 13.8 Å². The Balaban J connectivity index is 2.91. The van der Waals surface area contributed by atoms with Gasteiger partial charge in [0.2, 0.25) is 5.91 Å². The minimum absolute atomic E-state index is 0.0618. The predicted octanol–water partition coefficient (Wildman–Crippen LogP) is 2.67. The number of aliphatic hydroxyl groups is 1. The Morgan fingerprint density at radius 2 is 2.28 bits per heavy atom. The Hall–Kier alpha value is -1.50. The number of anilines is 1. The van der Waals surface area contributed by atoms with Crippen LogP contribution < -0.4 is 5.32 Å². The Morgan fingerprint density at radius 3 is 2.89 bits per heavy atom. The Kier molecular flexibility index (Phi) is 5.70. The molecule has 1 unspecified atom stereocenters. The summed E-state index contributed by atoms with van der Waals surface area (Å²) in [6, 6.07) is 5.12. The van der Waals surface area contributed by atoms with Crippen LogP contribution in [0.2, 0.25) is 5.02 Å². The van der Waals surface area contributed by atoms with Gasteiger partial charge in [-0.1, -0.05) is 37.3 Å². The van der Waals surface area contributed by atoms with Gasteiger partial charge in [-0.3, -0.25) is 4.79 Å². The number of aliphatic hydroxyl groups excluding tert-OH is 1. The SMILES string of the molecule is CCC(C)C(=O)Nc1cc(C#CCO)ccc1Cl. The summed E-state index contributed by atoms with van der Waals surface area (Å²) in [5.41, 5.74) is 1.25. The number of carbonyl (C=O) groups excluding carboxylic acids is 1. The molecule has 0 radical (unpaired) electrons. The predicted molar refractivity (Wildman–Crippen MR) is 73.5 cm³/mol. The second-order valence-corrected chi connectivity index (χ2v) is 4.36. The standard InChI is InChI=1S/C14H16ClNO2/c1-3-10(2)14(18)16-13-9-11(5-4-8-17)6-7-12(13)15/h6-7,9-10,17H,3,8H2,1-2H3,(H,16,18). The summed E-state index contributed by atoms with van der Waals surface area (Å²) in [7, 11) is 0. The number of amides is 1. The molecule has 0 saturated heterocycles. The van der Waals surface area contributed by atoms with E-state index in [0.717, 1.165) is 6.42 Å². The quantitative estimate of drug-likeness (QED) is 0.826. The van der Waals surface area contributed by atoms with Gasteiger partial charge in [0.25, 0.3) is 0 Å². The van der Waals surface area contributed by atoms with Crippen LogP contribution in [0.3, 0.4) is 0 Å². The number of nitrogens with one attached hydrogen (secondary N) is 1. The molecule has 1 rings (SSSR count). The summed E-state index contributed by atoms with van der Waals surface area (Å²) in [6.45, 7) is 3.62. The average Bonchev–Trinajstić information content (AvgIpc) is 2.38. The van der Waals surface area contributed by atoms with Gasteiger partial charge < -0.3 is 10.4 Å². The van der Waals surface area contributed by atoms with Crippen LogP contribution in [0.25, 0.3) is 0 Å². The lowest BCUT2D eigenvalue weighted by atomic mass is 10.1. The maximum absolute atomic E-state index is 11.8. The van der Waals surface area contributed by atoms with Crippen LogP contribution in [0.5, 0.6) is 0 Å². The molecule has 2 N–H and O–H groups in total. The first kappa shape index (κ1) is 14.6. The fraction of sp³-hybridized carbons (Fsp3) is 0.357. The van der Waals surface area contributed by atoms with E-state index in [1.54, 1.807) is 18.2 Å². The third kappa shape index (κ3) is 4.06. The van der Waals surface area contributed by atoms with Crippen LogP contribution in [-0.4, -0.2) is 17.6 Å². The summed E-state index contributed by atoms with van der Waals surface area (Å²) in [5, 5.41) is 11.9. The first-order valence-electron chi connectivity index (χ1n) is 5.78. The van der Waals surface area contributed by atoms with Gasteiger partial charge in [-0.2, -0.15) is 0 Å². The Morgan fingerprint density at radius 1 is 1.56 bits per heavy atom. The highest BCUT2D eigenvalue weighted by molar-refractivity contribution is 6.33. The van der Waals surface area contributed by atoms with Crippen LogP contribution in [0.4, 0.5) is 5.69 Å². The zero-order chi connectivity index (χ0) is 13.5. The molecule has 4 heteroatoms. The van der Waals surface area contributed by atoms with Crippen molar-refractivity contribution in [2.24, 2.45) is 5.92 Å². The third-order valence-electron chi connectivity index (χ3n) is 2.60. The minimum Gasteiger partial charge on any atom is -0.384 e. The van der Waals surface area contributed by atoms with Gasteiger partial charge in [0.1, 0.15) is 6.61 Å². The molecule has 18 heavy (non-hydrogen) atoms. The maximum Gasteiger partial charge on any atom is 0.227 e. The lowest BCUT2D eigenvalue weighted by molar-refractivity contribution is -0.119. The normalized spacial score (nSPS) is 11.3. The molecule has 3 nitrogen and oxygen atoms in total. The van der Waals surface area contributed by atoms with Crippen LogP contribution in [0.15, 0.2) is 18.2 Å². The van der Waals surface area contributed by atoms with Crippen molar-refractivity contribution in [2.45, 2.75) is 20.3 Å². The summed E-state index contributed by atoms with van der Waals surface area (Å²) in [4.78, 5) is 11.8. The molecule has 96 valence electrons. The van der Waals surface area contributed by atoms with Crippen LogP contribution in [0.1, 0.15) is 25.8 Å². The molecule has 0 saturated carbocycles. The zero-order valence-electron chi connectivity index (χ0n) is 10.5. The van der Waals surface area contributed by atoms with Crippen molar-refractivity contribution < 1.29 is 9.90 Å². The average molecular weight is 266 g/mol. The molecular weight excluding hydrogens is 250 g/mol. The van der Waals surface area contributed by atoms with E-state index >= 15 is 0 Å². The van der Waals surface area contributed by atoms with Crippen LogP contribution >= 0.6 is 11.6 Å². The first-order chi connectivity index (χ1) is 8.58. The molecule has 1 aromatic carbocycles. The molecule has 0 aliphatic heterocycles. The number of carbonyl (C=O) groups is 1. The van der Waals surface area contributed by atoms with Crippen molar-refractivity contribution in [3.63, 3.8) is 0 Å². The van der Waals surface area contributed by atoms with E-state index in [0.29, 0.717) is 16.3 Å². The molecule has 1 amide bonds. The molecule has 0 aromatic heterocycles. The van der Waals surface area contributed by atoms with Crippen molar-refractivity contribution in [2.75, 3.05) is 11.9 Å². The third-order valence-corrected chi connectivity index (χ3v) is 2.93. The second-order valence-electron chi connectivity index (χ2n) is 3.95. The fourth-order valence-corrected chi connectivity index (χ4v) is 1.45. The largest absolute Gasteiger partial charge is 0.384 e. The van der Waals surface area contributed by atoms with Gasteiger partial charge in [0, 0.05) is 11.5 Å². The van der Waals surface area contributed by atoms with Gasteiger partial charge in [-0.25, -0.2) is 0 Å². The van der Waals surface area contributed by atoms with E-state index in [2.05, 4.69) is 17.2 Å². The summed E-state index contributed by atoms with van der Waals surface area (Å²) < 4.78 is 0. The monoisotopic (exact) mass is 265 g/mol. The number of halogens is 1. The van der Waals surface area contributed by atoms with E-state index in [4.69, 9.17) is 16.7 Å². The van der Waals surface area contributed by atoms with Gasteiger partial charge >= 0.3 is 0 Å². The van der Waals surface area contributed by atoms with Gasteiger partial charge in [-0.15, -0.1) is 0 Å².